The van der Waals surface area contributed by atoms with Crippen LogP contribution in [0, 0.1) is 12.3 Å². The summed E-state index contributed by atoms with van der Waals surface area (Å²) < 4.78 is 6.59. The first-order valence-electron chi connectivity index (χ1n) is 5.31. The van der Waals surface area contributed by atoms with Crippen LogP contribution < -0.4 is 11.4 Å². The minimum absolute atomic E-state index is 0.0935. The molecule has 4 N–H and O–H groups in total. The fourth-order valence-corrected chi connectivity index (χ4v) is 1.88. The van der Waals surface area contributed by atoms with Gasteiger partial charge >= 0.3 is 5.69 Å². The van der Waals surface area contributed by atoms with Crippen LogP contribution in [0.2, 0.25) is 0 Å². The highest BCUT2D eigenvalue weighted by Crippen LogP contribution is 2.35. The van der Waals surface area contributed by atoms with Crippen molar-refractivity contribution in [2.75, 3.05) is 12.3 Å². The summed E-state index contributed by atoms with van der Waals surface area (Å²) in [5, 5.41) is 19.0. The van der Waals surface area contributed by atoms with Crippen molar-refractivity contribution in [3.8, 4) is 12.3 Å². The molecule has 1 aliphatic heterocycles. The molecule has 7 nitrogen and oxygen atoms in total. The second-order valence-corrected chi connectivity index (χ2v) is 4.06. The number of nitrogens with two attached hydrogens (primary N) is 1. The lowest BCUT2D eigenvalue weighted by Crippen LogP contribution is -2.41. The van der Waals surface area contributed by atoms with Crippen molar-refractivity contribution in [3.63, 3.8) is 0 Å². The summed E-state index contributed by atoms with van der Waals surface area (Å²) in [7, 11) is 0. The van der Waals surface area contributed by atoms with Crippen LogP contribution in [-0.2, 0) is 4.74 Å². The number of aliphatic hydroxyl groups excluding tert-OH is 2. The average molecular weight is 251 g/mol. The molecule has 1 aromatic rings. The van der Waals surface area contributed by atoms with Crippen molar-refractivity contribution in [2.24, 2.45) is 0 Å². The van der Waals surface area contributed by atoms with E-state index in [1.165, 1.54) is 16.8 Å². The third kappa shape index (κ3) is 1.86. The molecule has 0 bridgehead atoms. The second kappa shape index (κ2) is 4.42. The van der Waals surface area contributed by atoms with E-state index >= 15 is 0 Å². The van der Waals surface area contributed by atoms with Gasteiger partial charge in [-0.2, -0.15) is 4.98 Å². The van der Waals surface area contributed by atoms with E-state index in [1.807, 2.05) is 0 Å². The van der Waals surface area contributed by atoms with E-state index in [9.17, 15) is 15.0 Å². The van der Waals surface area contributed by atoms with Crippen molar-refractivity contribution >= 4 is 5.82 Å². The highest BCUT2D eigenvalue weighted by Gasteiger charge is 2.47. The number of aromatic nitrogens is 2. The first-order chi connectivity index (χ1) is 8.52. The van der Waals surface area contributed by atoms with E-state index in [2.05, 4.69) is 10.9 Å². The molecule has 2 heterocycles. The van der Waals surface area contributed by atoms with Gasteiger partial charge in [-0.1, -0.05) is 5.92 Å². The number of nitrogens with zero attached hydrogens (tertiary/aromatic N) is 2. The van der Waals surface area contributed by atoms with Crippen LogP contribution in [0.1, 0.15) is 12.6 Å². The van der Waals surface area contributed by atoms with Crippen molar-refractivity contribution in [2.45, 2.75) is 24.4 Å². The Morgan fingerprint density at radius 1 is 1.78 bits per heavy atom. The summed E-state index contributed by atoms with van der Waals surface area (Å²) in [6, 6.07) is 1.44. The molecular weight excluding hydrogens is 238 g/mol. The lowest BCUT2D eigenvalue weighted by molar-refractivity contribution is -0.0912. The quantitative estimate of drug-likeness (QED) is 0.550. The predicted octanol–water partition coefficient (Wildman–Crippen LogP) is -1.53. The zero-order valence-electron chi connectivity index (χ0n) is 9.48. The zero-order valence-corrected chi connectivity index (χ0v) is 9.48. The summed E-state index contributed by atoms with van der Waals surface area (Å²) in [5.74, 6) is 2.32. The number of nitrogen functional groups attached to an aromatic ring is 1. The number of hydrogen-bond donors (Lipinski definition) is 3. The van der Waals surface area contributed by atoms with E-state index in [-0.39, 0.29) is 12.2 Å². The Hall–Kier alpha value is -1.88. The van der Waals surface area contributed by atoms with E-state index in [0.29, 0.717) is 0 Å². The maximum Gasteiger partial charge on any atom is 0.351 e. The topological polar surface area (TPSA) is 111 Å². The highest BCUT2D eigenvalue weighted by atomic mass is 16.6. The third-order valence-electron chi connectivity index (χ3n) is 2.95. The summed E-state index contributed by atoms with van der Waals surface area (Å²) in [4.78, 5) is 15.2. The van der Waals surface area contributed by atoms with Gasteiger partial charge in [-0.15, -0.1) is 6.42 Å². The Balaban J connectivity index is 2.33. The molecule has 1 saturated heterocycles. The van der Waals surface area contributed by atoms with Crippen molar-refractivity contribution < 1.29 is 14.9 Å². The fourth-order valence-electron chi connectivity index (χ4n) is 1.88. The van der Waals surface area contributed by atoms with Crippen LogP contribution in [0.3, 0.4) is 0 Å². The van der Waals surface area contributed by atoms with Crippen LogP contribution in [0.4, 0.5) is 5.82 Å². The minimum Gasteiger partial charge on any atom is -0.392 e. The van der Waals surface area contributed by atoms with Crippen LogP contribution in [0.5, 0.6) is 0 Å². The van der Waals surface area contributed by atoms with E-state index in [1.54, 1.807) is 0 Å². The summed E-state index contributed by atoms with van der Waals surface area (Å²) in [6.45, 7) is -0.529. The van der Waals surface area contributed by atoms with Gasteiger partial charge in [-0.3, -0.25) is 4.57 Å². The fraction of sp³-hybridized carbons (Fsp3) is 0.455. The number of aliphatic hydroxyl groups is 2. The lowest BCUT2D eigenvalue weighted by Gasteiger charge is -2.23. The largest absolute Gasteiger partial charge is 0.392 e. The van der Waals surface area contributed by atoms with Crippen LogP contribution >= 0.6 is 0 Å². The van der Waals surface area contributed by atoms with Crippen molar-refractivity contribution in [1.82, 2.24) is 9.55 Å². The molecule has 18 heavy (non-hydrogen) atoms. The van der Waals surface area contributed by atoms with Gasteiger partial charge in [0, 0.05) is 12.6 Å². The maximum atomic E-state index is 11.6. The predicted molar refractivity (Wildman–Crippen MR) is 62.3 cm³/mol. The van der Waals surface area contributed by atoms with Crippen LogP contribution in [0.15, 0.2) is 17.1 Å². The summed E-state index contributed by atoms with van der Waals surface area (Å²) in [6.07, 6.45) is 4.93. The Bertz CT molecular complexity index is 550. The van der Waals surface area contributed by atoms with E-state index in [4.69, 9.17) is 16.9 Å². The maximum absolute atomic E-state index is 11.6. The molecule has 0 unspecified atom stereocenters. The molecule has 0 spiro atoms. The monoisotopic (exact) mass is 251 g/mol. The zero-order chi connectivity index (χ0) is 13.3. The Kier molecular flexibility index (Phi) is 3.09. The van der Waals surface area contributed by atoms with Gasteiger partial charge in [0.05, 0.1) is 6.61 Å². The van der Waals surface area contributed by atoms with Gasteiger partial charge in [0.25, 0.3) is 0 Å². The standard InChI is InChI=1S/C11H13N3O4/c1-2-11(6-15)7(16)5-9(18-11)14-4-3-8(12)13-10(14)17/h1,3-4,7,9,15-16H,5-6H2,(H2,12,13,17)/t7-,9-,11-/m0/s1. The Labute approximate surface area is 103 Å². The van der Waals surface area contributed by atoms with E-state index in [0.717, 1.165) is 0 Å². The number of terminal acetylenes is 1. The van der Waals surface area contributed by atoms with Crippen molar-refractivity contribution in [3.05, 3.63) is 22.7 Å². The first kappa shape index (κ1) is 12.6. The molecule has 1 aromatic heterocycles. The molecule has 0 aliphatic carbocycles. The first-order valence-corrected chi connectivity index (χ1v) is 5.31. The Morgan fingerprint density at radius 2 is 2.50 bits per heavy atom. The number of hydrogen-bond acceptors (Lipinski definition) is 6. The number of ether oxygens (including phenoxy) is 1. The molecule has 0 amide bonds. The SMILES string of the molecule is C#C[C@@]1(CO)O[C@H](n2ccc(N)nc2=O)C[C@@H]1O. The molecular formula is C11H13N3O4. The molecule has 1 fully saturated rings. The third-order valence-corrected chi connectivity index (χ3v) is 2.95. The van der Waals surface area contributed by atoms with E-state index < -0.39 is 30.2 Å². The Morgan fingerprint density at radius 3 is 3.00 bits per heavy atom. The second-order valence-electron chi connectivity index (χ2n) is 4.06. The van der Waals surface area contributed by atoms with Crippen LogP contribution in [-0.4, -0.2) is 38.1 Å². The number of anilines is 1. The van der Waals surface area contributed by atoms with Crippen molar-refractivity contribution in [1.29, 1.82) is 0 Å². The average Bonchev–Trinajstić information content (AvgIpc) is 2.67. The molecule has 3 atom stereocenters. The molecule has 7 heteroatoms. The molecule has 1 aliphatic rings. The molecule has 0 aromatic carbocycles. The number of rotatable bonds is 2. The minimum atomic E-state index is -1.48. The van der Waals surface area contributed by atoms with Gasteiger partial charge in [-0.05, 0) is 6.07 Å². The van der Waals surface area contributed by atoms with Gasteiger partial charge in [-0.25, -0.2) is 4.79 Å². The molecule has 96 valence electrons. The summed E-state index contributed by atoms with van der Waals surface area (Å²) >= 11 is 0. The molecule has 2 rings (SSSR count). The normalized spacial score (nSPS) is 31.2. The van der Waals surface area contributed by atoms with Gasteiger partial charge in [0.15, 0.2) is 5.60 Å². The van der Waals surface area contributed by atoms with Gasteiger partial charge in [0.2, 0.25) is 0 Å². The highest BCUT2D eigenvalue weighted by molar-refractivity contribution is 5.24. The lowest BCUT2D eigenvalue weighted by atomic mass is 9.99. The van der Waals surface area contributed by atoms with Gasteiger partial charge < -0.3 is 20.7 Å². The van der Waals surface area contributed by atoms with Crippen LogP contribution in [0.25, 0.3) is 0 Å². The summed E-state index contributed by atoms with van der Waals surface area (Å²) in [5.41, 5.74) is 3.29. The molecule has 0 radical (unpaired) electrons. The smallest absolute Gasteiger partial charge is 0.351 e. The van der Waals surface area contributed by atoms with Gasteiger partial charge in [0.1, 0.15) is 18.1 Å². The molecule has 0 saturated carbocycles.